The summed E-state index contributed by atoms with van der Waals surface area (Å²) in [5, 5.41) is 13.0. The molecule has 2 fully saturated rings. The Labute approximate surface area is 166 Å². The number of piperidine rings is 1. The molecular formula is C22H27N5O. The SMILES string of the molecule is N#C[C@@H](C(=O)NC1CCCCC1)c1nc2ccccc2nc1N1CCCCC1. The highest BCUT2D eigenvalue weighted by atomic mass is 16.2. The molecule has 146 valence electrons. The lowest BCUT2D eigenvalue weighted by atomic mass is 9.94. The zero-order chi connectivity index (χ0) is 19.3. The first-order chi connectivity index (χ1) is 13.8. The lowest BCUT2D eigenvalue weighted by Gasteiger charge is -2.30. The van der Waals surface area contributed by atoms with Crippen molar-refractivity contribution in [2.24, 2.45) is 0 Å². The van der Waals surface area contributed by atoms with Gasteiger partial charge in [0.15, 0.2) is 11.7 Å². The van der Waals surface area contributed by atoms with Gasteiger partial charge in [0.2, 0.25) is 5.91 Å². The standard InChI is InChI=1S/C22H27N5O/c23-15-17(22(28)24-16-9-3-1-4-10-16)20-21(27-13-7-2-8-14-27)26-19-12-6-5-11-18(19)25-20/h5-6,11-12,16-17H,1-4,7-10,13-14H2,(H,24,28)/t17-/m1/s1. The van der Waals surface area contributed by atoms with E-state index in [1.165, 1.54) is 12.8 Å². The highest BCUT2D eigenvalue weighted by Gasteiger charge is 2.30. The molecule has 1 aliphatic carbocycles. The quantitative estimate of drug-likeness (QED) is 0.879. The normalized spacial score (nSPS) is 19.2. The number of amides is 1. The van der Waals surface area contributed by atoms with Crippen LogP contribution in [-0.4, -0.2) is 35.0 Å². The van der Waals surface area contributed by atoms with E-state index in [0.29, 0.717) is 11.5 Å². The maximum absolute atomic E-state index is 13.0. The van der Waals surface area contributed by atoms with Crippen LogP contribution in [0.2, 0.25) is 0 Å². The van der Waals surface area contributed by atoms with E-state index in [-0.39, 0.29) is 11.9 Å². The van der Waals surface area contributed by atoms with Crippen LogP contribution in [-0.2, 0) is 4.79 Å². The highest BCUT2D eigenvalue weighted by Crippen LogP contribution is 2.29. The molecule has 6 heteroatoms. The predicted octanol–water partition coefficient (Wildman–Crippen LogP) is 3.68. The molecule has 28 heavy (non-hydrogen) atoms. The van der Waals surface area contributed by atoms with Gasteiger partial charge in [0, 0.05) is 19.1 Å². The molecule has 2 heterocycles. The smallest absolute Gasteiger partial charge is 0.243 e. The fourth-order valence-electron chi connectivity index (χ4n) is 4.31. The molecule has 0 unspecified atom stereocenters. The molecule has 1 atom stereocenters. The van der Waals surface area contributed by atoms with Gasteiger partial charge in [-0.25, -0.2) is 9.97 Å². The van der Waals surface area contributed by atoms with E-state index in [0.717, 1.165) is 62.6 Å². The van der Waals surface area contributed by atoms with Crippen LogP contribution in [0.25, 0.3) is 11.0 Å². The van der Waals surface area contributed by atoms with Gasteiger partial charge < -0.3 is 10.2 Å². The third-order valence-corrected chi connectivity index (χ3v) is 5.85. The molecule has 2 aliphatic rings. The van der Waals surface area contributed by atoms with Crippen molar-refractivity contribution in [1.82, 2.24) is 15.3 Å². The second-order valence-electron chi connectivity index (χ2n) is 7.87. The highest BCUT2D eigenvalue weighted by molar-refractivity contribution is 5.89. The number of benzene rings is 1. The predicted molar refractivity (Wildman–Crippen MR) is 109 cm³/mol. The molecule has 4 rings (SSSR count). The summed E-state index contributed by atoms with van der Waals surface area (Å²) in [7, 11) is 0. The summed E-state index contributed by atoms with van der Waals surface area (Å²) < 4.78 is 0. The number of aromatic nitrogens is 2. The van der Waals surface area contributed by atoms with E-state index in [9.17, 15) is 10.1 Å². The van der Waals surface area contributed by atoms with Gasteiger partial charge in [-0.15, -0.1) is 0 Å². The fourth-order valence-corrected chi connectivity index (χ4v) is 4.31. The first kappa shape index (κ1) is 18.7. The minimum Gasteiger partial charge on any atom is -0.355 e. The number of fused-ring (bicyclic) bond motifs is 1. The average Bonchev–Trinajstić information content (AvgIpc) is 2.75. The number of para-hydroxylation sites is 2. The molecule has 0 radical (unpaired) electrons. The molecule has 1 N–H and O–H groups in total. The maximum atomic E-state index is 13.0. The Bertz CT molecular complexity index is 878. The van der Waals surface area contributed by atoms with Crippen LogP contribution in [0.5, 0.6) is 0 Å². The number of rotatable bonds is 4. The van der Waals surface area contributed by atoms with Crippen molar-refractivity contribution in [3.05, 3.63) is 30.0 Å². The summed E-state index contributed by atoms with van der Waals surface area (Å²) in [6, 6.07) is 10.0. The van der Waals surface area contributed by atoms with Crippen molar-refractivity contribution in [2.75, 3.05) is 18.0 Å². The minimum atomic E-state index is -0.934. The van der Waals surface area contributed by atoms with Gasteiger partial charge in [0.1, 0.15) is 5.69 Å². The second-order valence-corrected chi connectivity index (χ2v) is 7.87. The Hall–Kier alpha value is -2.68. The van der Waals surface area contributed by atoms with E-state index in [1.54, 1.807) is 0 Å². The Kier molecular flexibility index (Phi) is 5.70. The topological polar surface area (TPSA) is 81.9 Å². The Morgan fingerprint density at radius 2 is 1.68 bits per heavy atom. The van der Waals surface area contributed by atoms with Crippen LogP contribution >= 0.6 is 0 Å². The number of hydrogen-bond acceptors (Lipinski definition) is 5. The van der Waals surface area contributed by atoms with Crippen LogP contribution in [0.15, 0.2) is 24.3 Å². The number of nitrogens with zero attached hydrogens (tertiary/aromatic N) is 4. The van der Waals surface area contributed by atoms with Crippen LogP contribution < -0.4 is 10.2 Å². The molecule has 1 aromatic heterocycles. The van der Waals surface area contributed by atoms with Gasteiger partial charge in [-0.3, -0.25) is 4.79 Å². The van der Waals surface area contributed by atoms with Gasteiger partial charge in [-0.1, -0.05) is 31.4 Å². The van der Waals surface area contributed by atoms with Gasteiger partial charge in [0.25, 0.3) is 0 Å². The molecule has 1 aliphatic heterocycles. The lowest BCUT2D eigenvalue weighted by Crippen LogP contribution is -2.40. The summed E-state index contributed by atoms with van der Waals surface area (Å²) >= 11 is 0. The largest absolute Gasteiger partial charge is 0.355 e. The summed E-state index contributed by atoms with van der Waals surface area (Å²) in [6.45, 7) is 1.78. The second kappa shape index (κ2) is 8.55. The summed E-state index contributed by atoms with van der Waals surface area (Å²) in [5.74, 6) is -0.475. The Morgan fingerprint density at radius 3 is 2.36 bits per heavy atom. The van der Waals surface area contributed by atoms with E-state index in [2.05, 4.69) is 16.3 Å². The van der Waals surface area contributed by atoms with Crippen molar-refractivity contribution in [1.29, 1.82) is 5.26 Å². The molecule has 2 aromatic rings. The first-order valence-electron chi connectivity index (χ1n) is 10.5. The summed E-state index contributed by atoms with van der Waals surface area (Å²) in [6.07, 6.45) is 8.88. The zero-order valence-corrected chi connectivity index (χ0v) is 16.2. The molecule has 1 amide bonds. The molecule has 1 saturated heterocycles. The van der Waals surface area contributed by atoms with E-state index in [1.807, 2.05) is 24.3 Å². The first-order valence-corrected chi connectivity index (χ1v) is 10.5. The van der Waals surface area contributed by atoms with Crippen molar-refractivity contribution >= 4 is 22.8 Å². The minimum absolute atomic E-state index is 0.170. The van der Waals surface area contributed by atoms with Crippen molar-refractivity contribution in [2.45, 2.75) is 63.3 Å². The van der Waals surface area contributed by atoms with Gasteiger partial charge in [0.05, 0.1) is 17.1 Å². The molecule has 1 aromatic carbocycles. The number of carbonyl (C=O) groups excluding carboxylic acids is 1. The van der Waals surface area contributed by atoms with Gasteiger partial charge >= 0.3 is 0 Å². The number of hydrogen-bond donors (Lipinski definition) is 1. The number of nitriles is 1. The van der Waals surface area contributed by atoms with Crippen LogP contribution in [0, 0.1) is 11.3 Å². The maximum Gasteiger partial charge on any atom is 0.243 e. The summed E-state index contributed by atoms with van der Waals surface area (Å²) in [4.78, 5) is 24.8. The average molecular weight is 377 g/mol. The number of nitrogens with one attached hydrogen (secondary N) is 1. The zero-order valence-electron chi connectivity index (χ0n) is 16.2. The van der Waals surface area contributed by atoms with Crippen LogP contribution in [0.4, 0.5) is 5.82 Å². The van der Waals surface area contributed by atoms with Gasteiger partial charge in [-0.2, -0.15) is 5.26 Å². The van der Waals surface area contributed by atoms with Crippen molar-refractivity contribution in [3.63, 3.8) is 0 Å². The van der Waals surface area contributed by atoms with E-state index in [4.69, 9.17) is 9.97 Å². The molecule has 0 bridgehead atoms. The molecular weight excluding hydrogens is 350 g/mol. The Balaban J connectivity index is 1.69. The van der Waals surface area contributed by atoms with Crippen molar-refractivity contribution in [3.8, 4) is 6.07 Å². The van der Waals surface area contributed by atoms with Crippen LogP contribution in [0.1, 0.15) is 63.0 Å². The van der Waals surface area contributed by atoms with E-state index >= 15 is 0 Å². The van der Waals surface area contributed by atoms with Crippen LogP contribution in [0.3, 0.4) is 0 Å². The molecule has 6 nitrogen and oxygen atoms in total. The van der Waals surface area contributed by atoms with E-state index < -0.39 is 5.92 Å². The van der Waals surface area contributed by atoms with Gasteiger partial charge in [-0.05, 0) is 44.2 Å². The molecule has 1 saturated carbocycles. The monoisotopic (exact) mass is 377 g/mol. The number of anilines is 1. The van der Waals surface area contributed by atoms with Crippen molar-refractivity contribution < 1.29 is 4.79 Å². The Morgan fingerprint density at radius 1 is 1.04 bits per heavy atom. The summed E-state index contributed by atoms with van der Waals surface area (Å²) in [5.41, 5.74) is 2.02. The molecule has 0 spiro atoms. The third kappa shape index (κ3) is 3.94. The third-order valence-electron chi connectivity index (χ3n) is 5.85. The number of carbonyl (C=O) groups is 1. The lowest BCUT2D eigenvalue weighted by molar-refractivity contribution is -0.122. The fraction of sp³-hybridized carbons (Fsp3) is 0.545.